The molecular weight excluding hydrogens is 408 g/mol. The maximum atomic E-state index is 12.4. The fourth-order valence-corrected chi connectivity index (χ4v) is 3.85. The zero-order valence-electron chi connectivity index (χ0n) is 13.5. The van der Waals surface area contributed by atoms with Crippen molar-refractivity contribution in [1.29, 1.82) is 0 Å². The molecule has 0 bridgehead atoms. The Hall–Kier alpha value is -2.32. The van der Waals surface area contributed by atoms with Gasteiger partial charge < -0.3 is 9.72 Å². The van der Waals surface area contributed by atoms with Crippen molar-refractivity contribution >= 4 is 42.8 Å². The van der Waals surface area contributed by atoms with Crippen LogP contribution >= 0.6 is 15.9 Å². The Balaban J connectivity index is 1.90. The Kier molecular flexibility index (Phi) is 4.57. The third-order valence-electron chi connectivity index (χ3n) is 3.79. The van der Waals surface area contributed by atoms with Gasteiger partial charge >= 0.3 is 0 Å². The Labute approximate surface area is 153 Å². The number of rotatable bonds is 4. The Morgan fingerprint density at radius 1 is 1.16 bits per heavy atom. The van der Waals surface area contributed by atoms with Gasteiger partial charge in [-0.25, -0.2) is 13.1 Å². The zero-order valence-corrected chi connectivity index (χ0v) is 15.9. The molecule has 0 fully saturated rings. The molecule has 2 aromatic carbocycles. The van der Waals surface area contributed by atoms with Crippen molar-refractivity contribution in [1.82, 2.24) is 9.71 Å². The van der Waals surface area contributed by atoms with Crippen LogP contribution in [0.2, 0.25) is 0 Å². The van der Waals surface area contributed by atoms with Crippen molar-refractivity contribution in [2.24, 2.45) is 0 Å². The number of carbonyl (C=O) groups excluding carboxylic acids is 1. The van der Waals surface area contributed by atoms with E-state index in [0.717, 1.165) is 20.9 Å². The van der Waals surface area contributed by atoms with Gasteiger partial charge in [-0.2, -0.15) is 0 Å². The zero-order chi connectivity index (χ0) is 18.2. The predicted octanol–water partition coefficient (Wildman–Crippen LogP) is 3.37. The molecule has 130 valence electrons. The minimum atomic E-state index is -3.98. The minimum Gasteiger partial charge on any atom is -0.497 e. The second kappa shape index (κ2) is 6.53. The number of hydrogen-bond acceptors (Lipinski definition) is 4. The van der Waals surface area contributed by atoms with E-state index < -0.39 is 15.9 Å². The number of sulfonamides is 1. The summed E-state index contributed by atoms with van der Waals surface area (Å²) in [5.41, 5.74) is 1.90. The smallest absolute Gasteiger partial charge is 0.281 e. The molecule has 0 aliphatic carbocycles. The number of benzene rings is 2. The first-order chi connectivity index (χ1) is 11.8. The number of aromatic amines is 1. The number of halogens is 1. The maximum absolute atomic E-state index is 12.4. The maximum Gasteiger partial charge on any atom is 0.281 e. The molecule has 0 saturated carbocycles. The van der Waals surface area contributed by atoms with E-state index in [9.17, 15) is 13.2 Å². The summed E-state index contributed by atoms with van der Waals surface area (Å²) in [6.07, 6.45) is 0. The summed E-state index contributed by atoms with van der Waals surface area (Å²) in [5.74, 6) is -0.195. The first-order valence-corrected chi connectivity index (χ1v) is 9.58. The fourth-order valence-electron chi connectivity index (χ4n) is 2.44. The van der Waals surface area contributed by atoms with Gasteiger partial charge in [0.1, 0.15) is 11.4 Å². The Morgan fingerprint density at radius 3 is 2.44 bits per heavy atom. The number of H-pyrrole nitrogens is 1. The van der Waals surface area contributed by atoms with Gasteiger partial charge in [-0.1, -0.05) is 22.0 Å². The molecule has 1 heterocycles. The highest BCUT2D eigenvalue weighted by molar-refractivity contribution is 9.10. The SMILES string of the molecule is COc1ccc(S(=O)(=O)NC(=O)c2cc3c(Br)ccc(C)c3[nH]2)cc1. The van der Waals surface area contributed by atoms with Crippen molar-refractivity contribution < 1.29 is 17.9 Å². The van der Waals surface area contributed by atoms with E-state index in [4.69, 9.17) is 4.74 Å². The van der Waals surface area contributed by atoms with E-state index in [1.807, 2.05) is 19.1 Å². The number of ether oxygens (including phenoxy) is 1. The van der Waals surface area contributed by atoms with E-state index in [2.05, 4.69) is 25.6 Å². The number of methoxy groups -OCH3 is 1. The number of aromatic nitrogens is 1. The largest absolute Gasteiger partial charge is 0.497 e. The number of hydrogen-bond donors (Lipinski definition) is 2. The van der Waals surface area contributed by atoms with Crippen LogP contribution in [-0.2, 0) is 10.0 Å². The Morgan fingerprint density at radius 2 is 1.84 bits per heavy atom. The number of carbonyl (C=O) groups is 1. The molecule has 0 aliphatic rings. The monoisotopic (exact) mass is 422 g/mol. The molecule has 6 nitrogen and oxygen atoms in total. The van der Waals surface area contributed by atoms with Crippen LogP contribution in [0.5, 0.6) is 5.75 Å². The van der Waals surface area contributed by atoms with Crippen molar-refractivity contribution in [3.05, 3.63) is 58.2 Å². The summed E-state index contributed by atoms with van der Waals surface area (Å²) in [6.45, 7) is 1.90. The van der Waals surface area contributed by atoms with Gasteiger partial charge in [0.05, 0.1) is 17.5 Å². The summed E-state index contributed by atoms with van der Waals surface area (Å²) in [6, 6.07) is 11.2. The van der Waals surface area contributed by atoms with Crippen LogP contribution in [0.25, 0.3) is 10.9 Å². The predicted molar refractivity (Wildman–Crippen MR) is 98.4 cm³/mol. The highest BCUT2D eigenvalue weighted by atomic mass is 79.9. The van der Waals surface area contributed by atoms with Crippen molar-refractivity contribution in [2.75, 3.05) is 7.11 Å². The normalized spacial score (nSPS) is 11.5. The van der Waals surface area contributed by atoms with Crippen LogP contribution in [0, 0.1) is 6.92 Å². The summed E-state index contributed by atoms with van der Waals surface area (Å²) < 4.78 is 32.6. The van der Waals surface area contributed by atoms with Gasteiger partial charge in [0, 0.05) is 9.86 Å². The molecule has 8 heteroatoms. The molecular formula is C17H15BrN2O4S. The molecule has 25 heavy (non-hydrogen) atoms. The molecule has 0 saturated heterocycles. The summed E-state index contributed by atoms with van der Waals surface area (Å²) >= 11 is 3.42. The standard InChI is InChI=1S/C17H15BrN2O4S/c1-10-3-8-14(18)13-9-15(19-16(10)13)17(21)20-25(22,23)12-6-4-11(24-2)5-7-12/h3-9,19H,1-2H3,(H,20,21). The molecule has 1 amide bonds. The highest BCUT2D eigenvalue weighted by Gasteiger charge is 2.20. The lowest BCUT2D eigenvalue weighted by Gasteiger charge is -2.06. The average molecular weight is 423 g/mol. The minimum absolute atomic E-state index is 0.0184. The van der Waals surface area contributed by atoms with Crippen LogP contribution < -0.4 is 9.46 Å². The molecule has 2 N–H and O–H groups in total. The molecule has 0 radical (unpaired) electrons. The first kappa shape index (κ1) is 17.5. The topological polar surface area (TPSA) is 88.3 Å². The van der Waals surface area contributed by atoms with Gasteiger partial charge in [-0.3, -0.25) is 4.79 Å². The van der Waals surface area contributed by atoms with E-state index in [1.165, 1.54) is 31.4 Å². The lowest BCUT2D eigenvalue weighted by Crippen LogP contribution is -2.30. The van der Waals surface area contributed by atoms with Gasteiger partial charge in [-0.15, -0.1) is 0 Å². The van der Waals surface area contributed by atoms with E-state index in [1.54, 1.807) is 6.07 Å². The van der Waals surface area contributed by atoms with Crippen molar-refractivity contribution in [2.45, 2.75) is 11.8 Å². The van der Waals surface area contributed by atoms with Crippen LogP contribution in [-0.4, -0.2) is 26.4 Å². The molecule has 3 rings (SSSR count). The first-order valence-electron chi connectivity index (χ1n) is 7.31. The van der Waals surface area contributed by atoms with Crippen molar-refractivity contribution in [3.63, 3.8) is 0 Å². The average Bonchev–Trinajstić information content (AvgIpc) is 3.05. The van der Waals surface area contributed by atoms with E-state index in [-0.39, 0.29) is 10.6 Å². The molecule has 0 atom stereocenters. The van der Waals surface area contributed by atoms with Gasteiger partial charge in [0.15, 0.2) is 0 Å². The van der Waals surface area contributed by atoms with Crippen LogP contribution in [0.3, 0.4) is 0 Å². The Bertz CT molecular complexity index is 1020. The number of nitrogens with one attached hydrogen (secondary N) is 2. The second-order valence-corrected chi connectivity index (χ2v) is 7.98. The second-order valence-electron chi connectivity index (χ2n) is 5.45. The fraction of sp³-hybridized carbons (Fsp3) is 0.118. The molecule has 0 spiro atoms. The van der Waals surface area contributed by atoms with Crippen LogP contribution in [0.4, 0.5) is 0 Å². The van der Waals surface area contributed by atoms with Crippen molar-refractivity contribution in [3.8, 4) is 5.75 Å². The van der Waals surface area contributed by atoms with E-state index in [0.29, 0.717) is 5.75 Å². The van der Waals surface area contributed by atoms with Gasteiger partial charge in [0.2, 0.25) is 0 Å². The molecule has 0 unspecified atom stereocenters. The number of fused-ring (bicyclic) bond motifs is 1. The van der Waals surface area contributed by atoms with Crippen LogP contribution in [0.15, 0.2) is 51.8 Å². The third kappa shape index (κ3) is 3.40. The lowest BCUT2D eigenvalue weighted by atomic mass is 10.2. The highest BCUT2D eigenvalue weighted by Crippen LogP contribution is 2.27. The molecule has 3 aromatic rings. The summed E-state index contributed by atoms with van der Waals surface area (Å²) in [7, 11) is -2.49. The molecule has 0 aliphatic heterocycles. The lowest BCUT2D eigenvalue weighted by molar-refractivity contribution is 0.0977. The van der Waals surface area contributed by atoms with E-state index >= 15 is 0 Å². The third-order valence-corrected chi connectivity index (χ3v) is 5.83. The quantitative estimate of drug-likeness (QED) is 0.674. The number of aryl methyl sites for hydroxylation is 1. The van der Waals surface area contributed by atoms with Gasteiger partial charge in [0.25, 0.3) is 15.9 Å². The van der Waals surface area contributed by atoms with Crippen LogP contribution in [0.1, 0.15) is 16.1 Å². The summed E-state index contributed by atoms with van der Waals surface area (Å²) in [5, 5.41) is 0.812. The summed E-state index contributed by atoms with van der Waals surface area (Å²) in [4.78, 5) is 15.3. The molecule has 1 aromatic heterocycles. The van der Waals surface area contributed by atoms with Gasteiger partial charge in [-0.05, 0) is 48.9 Å². The number of amides is 1.